The minimum absolute atomic E-state index is 0.181. The monoisotopic (exact) mass is 198 g/mol. The summed E-state index contributed by atoms with van der Waals surface area (Å²) in [6.45, 7) is 0. The van der Waals surface area contributed by atoms with Crippen molar-refractivity contribution in [3.63, 3.8) is 0 Å². The molecule has 2 fully saturated rings. The van der Waals surface area contributed by atoms with Crippen molar-refractivity contribution in [2.45, 2.75) is 63.6 Å². The standard InChI is InChI=1S/C12H22O2/c13-10-7-3-1-5-9-6-2-4-8-11(14)12(9)10/h9-14H,1-8H2. The summed E-state index contributed by atoms with van der Waals surface area (Å²) in [7, 11) is 0. The van der Waals surface area contributed by atoms with Gasteiger partial charge in [-0.3, -0.25) is 0 Å². The van der Waals surface area contributed by atoms with Gasteiger partial charge in [0.25, 0.3) is 0 Å². The molecule has 2 rings (SSSR count). The van der Waals surface area contributed by atoms with Crippen LogP contribution in [0.25, 0.3) is 0 Å². The molecule has 2 N–H and O–H groups in total. The van der Waals surface area contributed by atoms with E-state index in [0.29, 0.717) is 5.92 Å². The van der Waals surface area contributed by atoms with Crippen LogP contribution in [0.15, 0.2) is 0 Å². The second kappa shape index (κ2) is 4.63. The van der Waals surface area contributed by atoms with Gasteiger partial charge in [0.15, 0.2) is 0 Å². The van der Waals surface area contributed by atoms with Gasteiger partial charge < -0.3 is 10.2 Å². The van der Waals surface area contributed by atoms with Crippen molar-refractivity contribution in [3.8, 4) is 0 Å². The van der Waals surface area contributed by atoms with Crippen molar-refractivity contribution in [2.75, 3.05) is 0 Å². The molecule has 0 saturated heterocycles. The lowest BCUT2D eigenvalue weighted by molar-refractivity contribution is -0.0154. The van der Waals surface area contributed by atoms with E-state index in [1.54, 1.807) is 0 Å². The second-order valence-corrected chi connectivity index (χ2v) is 5.04. The van der Waals surface area contributed by atoms with Gasteiger partial charge in [0.05, 0.1) is 12.2 Å². The summed E-state index contributed by atoms with van der Waals surface area (Å²) >= 11 is 0. The molecule has 2 atom stereocenters. The third-order valence-electron chi connectivity index (χ3n) is 4.08. The highest BCUT2D eigenvalue weighted by Crippen LogP contribution is 2.38. The fourth-order valence-electron chi connectivity index (χ4n) is 3.32. The molecule has 2 unspecified atom stereocenters. The molecule has 2 heteroatoms. The van der Waals surface area contributed by atoms with E-state index >= 15 is 0 Å². The summed E-state index contributed by atoms with van der Waals surface area (Å²) in [4.78, 5) is 0. The topological polar surface area (TPSA) is 40.5 Å². The van der Waals surface area contributed by atoms with Crippen molar-refractivity contribution in [1.82, 2.24) is 0 Å². The van der Waals surface area contributed by atoms with Gasteiger partial charge in [-0.05, 0) is 31.6 Å². The SMILES string of the molecule is OC1CCCCC2CCCCC(O)C12. The first-order valence-electron chi connectivity index (χ1n) is 6.15. The van der Waals surface area contributed by atoms with Gasteiger partial charge in [0.1, 0.15) is 0 Å². The molecule has 0 spiro atoms. The van der Waals surface area contributed by atoms with Gasteiger partial charge in [-0.1, -0.05) is 25.7 Å². The second-order valence-electron chi connectivity index (χ2n) is 5.04. The van der Waals surface area contributed by atoms with Crippen LogP contribution in [0.2, 0.25) is 0 Å². The van der Waals surface area contributed by atoms with E-state index in [1.165, 1.54) is 25.7 Å². The van der Waals surface area contributed by atoms with E-state index in [1.807, 2.05) is 0 Å². The van der Waals surface area contributed by atoms with Crippen LogP contribution in [0, 0.1) is 11.8 Å². The number of hydrogen-bond acceptors (Lipinski definition) is 2. The van der Waals surface area contributed by atoms with Crippen molar-refractivity contribution >= 4 is 0 Å². The highest BCUT2D eigenvalue weighted by Gasteiger charge is 2.36. The summed E-state index contributed by atoms with van der Waals surface area (Å²) in [5.74, 6) is 0.769. The Bertz CT molecular complexity index is 163. The van der Waals surface area contributed by atoms with Gasteiger partial charge in [0, 0.05) is 5.92 Å². The molecule has 0 aromatic heterocycles. The first-order valence-corrected chi connectivity index (χ1v) is 6.15. The Morgan fingerprint density at radius 2 is 1.07 bits per heavy atom. The van der Waals surface area contributed by atoms with Crippen molar-refractivity contribution in [2.24, 2.45) is 11.8 Å². The molecule has 82 valence electrons. The number of hydrogen-bond donors (Lipinski definition) is 2. The fraction of sp³-hybridized carbons (Fsp3) is 1.00. The summed E-state index contributed by atoms with van der Waals surface area (Å²) < 4.78 is 0. The Hall–Kier alpha value is -0.0800. The van der Waals surface area contributed by atoms with Crippen LogP contribution in [0.3, 0.4) is 0 Å². The lowest BCUT2D eigenvalue weighted by atomic mass is 9.81. The molecule has 2 saturated carbocycles. The maximum absolute atomic E-state index is 10.0. The van der Waals surface area contributed by atoms with Crippen molar-refractivity contribution in [1.29, 1.82) is 0 Å². The minimum atomic E-state index is -0.240. The van der Waals surface area contributed by atoms with Crippen molar-refractivity contribution in [3.05, 3.63) is 0 Å². The number of aliphatic hydroxyl groups excluding tert-OH is 2. The lowest BCUT2D eigenvalue weighted by Gasteiger charge is -2.30. The van der Waals surface area contributed by atoms with E-state index in [9.17, 15) is 10.2 Å². The average Bonchev–Trinajstić information content (AvgIpc) is 2.44. The molecule has 2 nitrogen and oxygen atoms in total. The van der Waals surface area contributed by atoms with Crippen LogP contribution in [0.1, 0.15) is 51.4 Å². The molecule has 0 radical (unpaired) electrons. The molecule has 0 aromatic rings. The highest BCUT2D eigenvalue weighted by atomic mass is 16.3. The summed E-state index contributed by atoms with van der Waals surface area (Å²) in [5, 5.41) is 20.0. The molecule has 2 aliphatic carbocycles. The fourth-order valence-corrected chi connectivity index (χ4v) is 3.32. The smallest absolute Gasteiger partial charge is 0.0595 e. The van der Waals surface area contributed by atoms with E-state index < -0.39 is 0 Å². The van der Waals surface area contributed by atoms with Crippen LogP contribution >= 0.6 is 0 Å². The molecular weight excluding hydrogens is 176 g/mol. The van der Waals surface area contributed by atoms with Crippen LogP contribution in [0.5, 0.6) is 0 Å². The van der Waals surface area contributed by atoms with Gasteiger partial charge in [-0.15, -0.1) is 0 Å². The quantitative estimate of drug-likeness (QED) is 0.625. The Morgan fingerprint density at radius 3 is 1.57 bits per heavy atom. The lowest BCUT2D eigenvalue weighted by Crippen LogP contribution is -2.35. The zero-order valence-corrected chi connectivity index (χ0v) is 8.86. The number of rotatable bonds is 0. The molecule has 0 amide bonds. The summed E-state index contributed by atoms with van der Waals surface area (Å²) in [5.41, 5.74) is 0. The summed E-state index contributed by atoms with van der Waals surface area (Å²) in [6.07, 6.45) is 8.53. The molecule has 0 heterocycles. The Balaban J connectivity index is 2.11. The predicted molar refractivity (Wildman–Crippen MR) is 55.9 cm³/mol. The first-order chi connectivity index (χ1) is 6.79. The minimum Gasteiger partial charge on any atom is -0.393 e. The molecule has 0 aliphatic heterocycles. The van der Waals surface area contributed by atoms with Gasteiger partial charge in [-0.2, -0.15) is 0 Å². The normalized spacial score (nSPS) is 45.0. The van der Waals surface area contributed by atoms with Crippen molar-refractivity contribution < 1.29 is 10.2 Å². The van der Waals surface area contributed by atoms with Crippen LogP contribution in [-0.4, -0.2) is 22.4 Å². The molecule has 0 aromatic carbocycles. The van der Waals surface area contributed by atoms with Crippen LogP contribution in [0.4, 0.5) is 0 Å². The zero-order chi connectivity index (χ0) is 9.97. The van der Waals surface area contributed by atoms with Gasteiger partial charge >= 0.3 is 0 Å². The number of fused-ring (bicyclic) bond motifs is 1. The van der Waals surface area contributed by atoms with E-state index in [4.69, 9.17) is 0 Å². The average molecular weight is 198 g/mol. The third kappa shape index (κ3) is 2.12. The molecule has 0 bridgehead atoms. The number of aliphatic hydroxyl groups is 2. The first kappa shape index (κ1) is 10.4. The van der Waals surface area contributed by atoms with E-state index in [2.05, 4.69) is 0 Å². The Labute approximate surface area is 86.3 Å². The Kier molecular flexibility index (Phi) is 3.45. The Morgan fingerprint density at radius 1 is 0.643 bits per heavy atom. The maximum atomic E-state index is 10.0. The molecule has 14 heavy (non-hydrogen) atoms. The maximum Gasteiger partial charge on any atom is 0.0595 e. The highest BCUT2D eigenvalue weighted by molar-refractivity contribution is 4.87. The van der Waals surface area contributed by atoms with Gasteiger partial charge in [-0.25, -0.2) is 0 Å². The largest absolute Gasteiger partial charge is 0.393 e. The third-order valence-corrected chi connectivity index (χ3v) is 4.08. The molecule has 2 aliphatic rings. The van der Waals surface area contributed by atoms with E-state index in [-0.39, 0.29) is 18.1 Å². The molecular formula is C12H22O2. The zero-order valence-electron chi connectivity index (χ0n) is 8.86. The van der Waals surface area contributed by atoms with Crippen LogP contribution < -0.4 is 0 Å². The van der Waals surface area contributed by atoms with E-state index in [0.717, 1.165) is 25.7 Å². The van der Waals surface area contributed by atoms with Crippen LogP contribution in [-0.2, 0) is 0 Å². The van der Waals surface area contributed by atoms with Gasteiger partial charge in [0.2, 0.25) is 0 Å². The predicted octanol–water partition coefficient (Wildman–Crippen LogP) is 2.09. The summed E-state index contributed by atoms with van der Waals surface area (Å²) in [6, 6.07) is 0.